The van der Waals surface area contributed by atoms with Crippen LogP contribution in [0.15, 0.2) is 77.3 Å². The number of hydrogen-bond acceptors (Lipinski definition) is 3. The van der Waals surface area contributed by atoms with E-state index in [1.165, 1.54) is 11.1 Å². The minimum Gasteiger partial charge on any atom is -0.459 e. The van der Waals surface area contributed by atoms with E-state index in [1.807, 2.05) is 55.5 Å². The zero-order valence-corrected chi connectivity index (χ0v) is 20.2. The minimum atomic E-state index is -0.193. The van der Waals surface area contributed by atoms with E-state index in [-0.39, 0.29) is 12.1 Å². The SMILES string of the molecule is Cc1cc(C)cc(N2C(=S)N[C@H](c3ccccn3)[C@@H]2c2ccc(-c3cccc(Cl)c3C)o2)c1. The molecular formula is C27H24ClN3OS. The molecule has 0 amide bonds. The first kappa shape index (κ1) is 21.7. The number of halogens is 1. The zero-order chi connectivity index (χ0) is 23.1. The lowest BCUT2D eigenvalue weighted by atomic mass is 10.0. The molecule has 0 aliphatic carbocycles. The lowest BCUT2D eigenvalue weighted by Crippen LogP contribution is -2.29. The highest BCUT2D eigenvalue weighted by molar-refractivity contribution is 7.80. The Balaban J connectivity index is 1.63. The average Bonchev–Trinajstić information content (AvgIpc) is 3.40. The number of aryl methyl sites for hydroxylation is 2. The summed E-state index contributed by atoms with van der Waals surface area (Å²) in [5, 5.41) is 4.86. The summed E-state index contributed by atoms with van der Waals surface area (Å²) >= 11 is 12.2. The summed E-state index contributed by atoms with van der Waals surface area (Å²) < 4.78 is 6.47. The van der Waals surface area contributed by atoms with Crippen LogP contribution < -0.4 is 10.2 Å². The maximum absolute atomic E-state index is 6.47. The standard InChI is InChI=1S/C27H24ClN3OS/c1-16-13-17(2)15-19(14-16)31-26(25(30-27(31)33)22-9-4-5-12-29-22)24-11-10-23(32-24)20-7-6-8-21(28)18(20)3/h4-15,25-26H,1-3H3,(H,30,33)/t25-,26+/m1/s1. The quantitative estimate of drug-likeness (QED) is 0.320. The van der Waals surface area contributed by atoms with Crippen molar-refractivity contribution in [3.63, 3.8) is 0 Å². The topological polar surface area (TPSA) is 41.3 Å². The van der Waals surface area contributed by atoms with E-state index in [4.69, 9.17) is 28.2 Å². The van der Waals surface area contributed by atoms with Crippen LogP contribution in [0.25, 0.3) is 11.3 Å². The molecule has 3 heterocycles. The first-order valence-electron chi connectivity index (χ1n) is 10.9. The third-order valence-electron chi connectivity index (χ3n) is 6.03. The molecule has 1 N–H and O–H groups in total. The molecule has 5 rings (SSSR count). The van der Waals surface area contributed by atoms with Gasteiger partial charge in [0.15, 0.2) is 5.11 Å². The molecule has 0 bridgehead atoms. The molecule has 4 nitrogen and oxygen atoms in total. The van der Waals surface area contributed by atoms with Crippen LogP contribution >= 0.6 is 23.8 Å². The van der Waals surface area contributed by atoms with E-state index in [2.05, 4.69) is 47.2 Å². The Morgan fingerprint density at radius 3 is 2.48 bits per heavy atom. The van der Waals surface area contributed by atoms with Crippen molar-refractivity contribution in [1.82, 2.24) is 10.3 Å². The Bertz CT molecular complexity index is 1310. The predicted octanol–water partition coefficient (Wildman–Crippen LogP) is 7.10. The van der Waals surface area contributed by atoms with Crippen LogP contribution in [0.5, 0.6) is 0 Å². The van der Waals surface area contributed by atoms with E-state index >= 15 is 0 Å². The molecule has 1 saturated heterocycles. The fourth-order valence-corrected chi connectivity index (χ4v) is 5.06. The fraction of sp³-hybridized carbons (Fsp3) is 0.185. The molecule has 2 atom stereocenters. The second-order valence-electron chi connectivity index (χ2n) is 8.46. The van der Waals surface area contributed by atoms with Gasteiger partial charge in [-0.3, -0.25) is 4.98 Å². The number of benzene rings is 2. The van der Waals surface area contributed by atoms with E-state index in [9.17, 15) is 0 Å². The summed E-state index contributed by atoms with van der Waals surface area (Å²) in [6.45, 7) is 6.20. The monoisotopic (exact) mass is 473 g/mol. The molecule has 2 aromatic carbocycles. The third-order valence-corrected chi connectivity index (χ3v) is 6.76. The Labute approximate surface area is 204 Å². The van der Waals surface area contributed by atoms with Gasteiger partial charge in [-0.05, 0) is 92.1 Å². The van der Waals surface area contributed by atoms with Crippen LogP contribution in [0, 0.1) is 20.8 Å². The molecule has 33 heavy (non-hydrogen) atoms. The Morgan fingerprint density at radius 2 is 1.76 bits per heavy atom. The molecule has 6 heteroatoms. The number of nitrogens with zero attached hydrogens (tertiary/aromatic N) is 2. The summed E-state index contributed by atoms with van der Waals surface area (Å²) in [5.41, 5.74) is 6.28. The van der Waals surface area contributed by atoms with Crippen molar-refractivity contribution in [3.05, 3.63) is 106 Å². The van der Waals surface area contributed by atoms with E-state index in [0.29, 0.717) is 5.11 Å². The molecule has 1 aliphatic rings. The van der Waals surface area contributed by atoms with Gasteiger partial charge >= 0.3 is 0 Å². The molecule has 4 aromatic rings. The number of anilines is 1. The van der Waals surface area contributed by atoms with Crippen molar-refractivity contribution >= 4 is 34.6 Å². The number of nitrogens with one attached hydrogen (secondary N) is 1. The summed E-state index contributed by atoms with van der Waals surface area (Å²) in [5.74, 6) is 1.59. The summed E-state index contributed by atoms with van der Waals surface area (Å²) in [4.78, 5) is 6.76. The largest absolute Gasteiger partial charge is 0.459 e. The first-order valence-corrected chi connectivity index (χ1v) is 11.6. The van der Waals surface area contributed by atoms with Gasteiger partial charge in [0, 0.05) is 22.5 Å². The third kappa shape index (κ3) is 4.03. The summed E-state index contributed by atoms with van der Waals surface area (Å²) in [6, 6.07) is 21.9. The van der Waals surface area contributed by atoms with Gasteiger partial charge in [-0.2, -0.15) is 0 Å². The van der Waals surface area contributed by atoms with Gasteiger partial charge in [0.25, 0.3) is 0 Å². The first-order chi connectivity index (χ1) is 15.9. The highest BCUT2D eigenvalue weighted by Gasteiger charge is 2.42. The molecule has 0 spiro atoms. The zero-order valence-electron chi connectivity index (χ0n) is 18.7. The van der Waals surface area contributed by atoms with Gasteiger partial charge in [0.1, 0.15) is 17.6 Å². The molecule has 0 unspecified atom stereocenters. The Morgan fingerprint density at radius 1 is 0.970 bits per heavy atom. The number of pyridine rings is 1. The maximum atomic E-state index is 6.47. The van der Waals surface area contributed by atoms with E-state index in [1.54, 1.807) is 6.20 Å². The molecule has 2 aromatic heterocycles. The highest BCUT2D eigenvalue weighted by Crippen LogP contribution is 2.43. The highest BCUT2D eigenvalue weighted by atomic mass is 35.5. The summed E-state index contributed by atoms with van der Waals surface area (Å²) in [6.07, 6.45) is 1.81. The van der Waals surface area contributed by atoms with Gasteiger partial charge in [-0.15, -0.1) is 0 Å². The predicted molar refractivity (Wildman–Crippen MR) is 138 cm³/mol. The molecule has 0 saturated carbocycles. The second kappa shape index (κ2) is 8.65. The molecular weight excluding hydrogens is 450 g/mol. The number of furan rings is 1. The Hall–Kier alpha value is -3.15. The smallest absolute Gasteiger partial charge is 0.174 e. The van der Waals surface area contributed by atoms with Crippen molar-refractivity contribution in [3.8, 4) is 11.3 Å². The van der Waals surface area contributed by atoms with Crippen molar-refractivity contribution in [2.24, 2.45) is 0 Å². The van der Waals surface area contributed by atoms with Crippen LogP contribution in [0.2, 0.25) is 5.02 Å². The van der Waals surface area contributed by atoms with Gasteiger partial charge < -0.3 is 14.6 Å². The van der Waals surface area contributed by atoms with Crippen LogP contribution in [-0.4, -0.2) is 10.1 Å². The van der Waals surface area contributed by atoms with Crippen molar-refractivity contribution in [1.29, 1.82) is 0 Å². The minimum absolute atomic E-state index is 0.154. The van der Waals surface area contributed by atoms with Crippen LogP contribution in [0.1, 0.15) is 40.2 Å². The number of hydrogen-bond donors (Lipinski definition) is 1. The van der Waals surface area contributed by atoms with Gasteiger partial charge in [0.2, 0.25) is 0 Å². The van der Waals surface area contributed by atoms with Crippen molar-refractivity contribution < 1.29 is 4.42 Å². The van der Waals surface area contributed by atoms with Crippen LogP contribution in [0.3, 0.4) is 0 Å². The Kier molecular flexibility index (Phi) is 5.69. The number of aromatic nitrogens is 1. The molecule has 166 valence electrons. The molecule has 0 radical (unpaired) electrons. The maximum Gasteiger partial charge on any atom is 0.174 e. The molecule has 1 aliphatic heterocycles. The van der Waals surface area contributed by atoms with E-state index in [0.717, 1.165) is 39.1 Å². The lowest BCUT2D eigenvalue weighted by Gasteiger charge is -2.26. The van der Waals surface area contributed by atoms with Crippen LogP contribution in [0.4, 0.5) is 5.69 Å². The van der Waals surface area contributed by atoms with Gasteiger partial charge in [-0.1, -0.05) is 35.9 Å². The van der Waals surface area contributed by atoms with Gasteiger partial charge in [-0.25, -0.2) is 0 Å². The van der Waals surface area contributed by atoms with Crippen LogP contribution in [-0.2, 0) is 0 Å². The van der Waals surface area contributed by atoms with Gasteiger partial charge in [0.05, 0.1) is 11.7 Å². The van der Waals surface area contributed by atoms with E-state index < -0.39 is 0 Å². The number of thiocarbonyl (C=S) groups is 1. The van der Waals surface area contributed by atoms with Crippen molar-refractivity contribution in [2.75, 3.05) is 4.90 Å². The second-order valence-corrected chi connectivity index (χ2v) is 9.25. The fourth-order valence-electron chi connectivity index (χ4n) is 4.54. The summed E-state index contributed by atoms with van der Waals surface area (Å²) in [7, 11) is 0. The normalized spacial score (nSPS) is 17.9. The number of rotatable bonds is 4. The van der Waals surface area contributed by atoms with Crippen molar-refractivity contribution in [2.45, 2.75) is 32.9 Å². The average molecular weight is 474 g/mol. The lowest BCUT2D eigenvalue weighted by molar-refractivity contribution is 0.439. The molecule has 1 fully saturated rings.